The highest BCUT2D eigenvalue weighted by Gasteiger charge is 2.14. The first-order chi connectivity index (χ1) is 8.04. The molecule has 1 rings (SSSR count). The smallest absolute Gasteiger partial charge is 0.404 e. The fourth-order valence-electron chi connectivity index (χ4n) is 1.09. The number of amides is 1. The van der Waals surface area contributed by atoms with Crippen LogP contribution in [0.4, 0.5) is 4.79 Å². The van der Waals surface area contributed by atoms with Crippen molar-refractivity contribution < 1.29 is 19.4 Å². The summed E-state index contributed by atoms with van der Waals surface area (Å²) in [5, 5.41) is 10.7. The lowest BCUT2D eigenvalue weighted by atomic mass is 10.3. The van der Waals surface area contributed by atoms with Crippen molar-refractivity contribution in [3.05, 3.63) is 28.5 Å². The van der Waals surface area contributed by atoms with E-state index in [-0.39, 0.29) is 23.9 Å². The van der Waals surface area contributed by atoms with Gasteiger partial charge in [-0.3, -0.25) is 0 Å². The van der Waals surface area contributed by atoms with Gasteiger partial charge in [-0.05, 0) is 19.1 Å². The molecular formula is C10H11ClN2O4. The van der Waals surface area contributed by atoms with Gasteiger partial charge in [0.2, 0.25) is 0 Å². The van der Waals surface area contributed by atoms with E-state index in [1.807, 2.05) is 0 Å². The first-order valence-corrected chi connectivity index (χ1v) is 5.21. The van der Waals surface area contributed by atoms with Gasteiger partial charge in [0.05, 0.1) is 23.9 Å². The Hall–Kier alpha value is -1.82. The number of hydrogen-bond acceptors (Lipinski definition) is 4. The van der Waals surface area contributed by atoms with E-state index in [4.69, 9.17) is 21.4 Å². The molecule has 0 fully saturated rings. The summed E-state index contributed by atoms with van der Waals surface area (Å²) in [6, 6.07) is 3.00. The number of nitrogens with one attached hydrogen (secondary N) is 1. The number of esters is 1. The number of rotatable bonds is 4. The average Bonchev–Trinajstić information content (AvgIpc) is 2.28. The Morgan fingerprint density at radius 1 is 1.53 bits per heavy atom. The summed E-state index contributed by atoms with van der Waals surface area (Å²) in [6.07, 6.45) is -1.17. The molecule has 17 heavy (non-hydrogen) atoms. The van der Waals surface area contributed by atoms with Crippen LogP contribution < -0.4 is 5.32 Å². The van der Waals surface area contributed by atoms with Gasteiger partial charge in [0.15, 0.2) is 5.69 Å². The zero-order valence-corrected chi connectivity index (χ0v) is 9.82. The summed E-state index contributed by atoms with van der Waals surface area (Å²) in [4.78, 5) is 25.7. The number of carbonyl (C=O) groups excluding carboxylic acids is 1. The minimum Gasteiger partial charge on any atom is -0.465 e. The lowest BCUT2D eigenvalue weighted by Crippen LogP contribution is -2.21. The van der Waals surface area contributed by atoms with Crippen LogP contribution in [0.1, 0.15) is 23.1 Å². The molecule has 92 valence electrons. The van der Waals surface area contributed by atoms with E-state index in [1.165, 1.54) is 12.1 Å². The summed E-state index contributed by atoms with van der Waals surface area (Å²) in [5.74, 6) is -0.630. The molecule has 0 aliphatic heterocycles. The van der Waals surface area contributed by atoms with Crippen LogP contribution in [-0.4, -0.2) is 28.8 Å². The second-order valence-electron chi connectivity index (χ2n) is 3.01. The molecule has 0 aliphatic rings. The van der Waals surface area contributed by atoms with Gasteiger partial charge in [-0.1, -0.05) is 11.6 Å². The Balaban J connectivity index is 2.86. The van der Waals surface area contributed by atoms with Crippen molar-refractivity contribution in [3.63, 3.8) is 0 Å². The van der Waals surface area contributed by atoms with Crippen molar-refractivity contribution in [2.75, 3.05) is 6.61 Å². The lowest BCUT2D eigenvalue weighted by Gasteiger charge is -2.06. The topological polar surface area (TPSA) is 88.5 Å². The number of nitrogens with zero attached hydrogens (tertiary/aromatic N) is 1. The van der Waals surface area contributed by atoms with E-state index < -0.39 is 12.1 Å². The van der Waals surface area contributed by atoms with Crippen LogP contribution >= 0.6 is 11.6 Å². The number of hydrogen-bond donors (Lipinski definition) is 2. The molecule has 7 heteroatoms. The Morgan fingerprint density at radius 3 is 2.82 bits per heavy atom. The van der Waals surface area contributed by atoms with Gasteiger partial charge >= 0.3 is 12.1 Å². The second-order valence-corrected chi connectivity index (χ2v) is 3.42. The third kappa shape index (κ3) is 3.92. The molecule has 0 aliphatic carbocycles. The standard InChI is InChI=1S/C10H11ClN2O4/c1-2-17-9(14)8-7(11)4-3-6(13-8)5-12-10(15)16/h3-4,12H,2,5H2,1H3,(H,15,16). The Morgan fingerprint density at radius 2 is 2.24 bits per heavy atom. The molecule has 0 spiro atoms. The first-order valence-electron chi connectivity index (χ1n) is 4.84. The Kier molecular flexibility index (Phi) is 4.71. The molecule has 0 atom stereocenters. The molecule has 0 unspecified atom stereocenters. The zero-order valence-electron chi connectivity index (χ0n) is 9.07. The molecule has 0 saturated heterocycles. The highest BCUT2D eigenvalue weighted by atomic mass is 35.5. The van der Waals surface area contributed by atoms with Crippen LogP contribution in [0.3, 0.4) is 0 Å². The van der Waals surface area contributed by atoms with Crippen molar-refractivity contribution in [2.45, 2.75) is 13.5 Å². The number of ether oxygens (including phenoxy) is 1. The number of pyridine rings is 1. The van der Waals surface area contributed by atoms with Crippen LogP contribution in [0.25, 0.3) is 0 Å². The summed E-state index contributed by atoms with van der Waals surface area (Å²) in [5.41, 5.74) is 0.373. The molecule has 0 bridgehead atoms. The molecular weight excluding hydrogens is 248 g/mol. The van der Waals surface area contributed by atoms with Crippen molar-refractivity contribution >= 4 is 23.7 Å². The van der Waals surface area contributed by atoms with E-state index in [9.17, 15) is 9.59 Å². The Labute approximate surface area is 103 Å². The average molecular weight is 259 g/mol. The van der Waals surface area contributed by atoms with Crippen molar-refractivity contribution in [2.24, 2.45) is 0 Å². The van der Waals surface area contributed by atoms with Gasteiger partial charge in [0.1, 0.15) is 0 Å². The maximum Gasteiger partial charge on any atom is 0.404 e. The van der Waals surface area contributed by atoms with Crippen LogP contribution in [0.15, 0.2) is 12.1 Å². The van der Waals surface area contributed by atoms with Crippen LogP contribution in [0, 0.1) is 0 Å². The van der Waals surface area contributed by atoms with Gasteiger partial charge in [-0.15, -0.1) is 0 Å². The normalized spacial score (nSPS) is 9.76. The zero-order chi connectivity index (χ0) is 12.8. The van der Waals surface area contributed by atoms with Crippen LogP contribution in [0.5, 0.6) is 0 Å². The molecule has 1 aromatic rings. The van der Waals surface area contributed by atoms with Crippen molar-refractivity contribution in [1.82, 2.24) is 10.3 Å². The third-order valence-corrected chi connectivity index (χ3v) is 2.10. The number of carbonyl (C=O) groups is 2. The Bertz CT molecular complexity index is 436. The fourth-order valence-corrected chi connectivity index (χ4v) is 1.27. The minimum absolute atomic E-state index is 0.00108. The fraction of sp³-hybridized carbons (Fsp3) is 0.300. The van der Waals surface area contributed by atoms with Gasteiger partial charge < -0.3 is 15.2 Å². The maximum absolute atomic E-state index is 11.4. The number of aromatic nitrogens is 1. The second kappa shape index (κ2) is 6.05. The van der Waals surface area contributed by atoms with Gasteiger partial charge in [-0.25, -0.2) is 14.6 Å². The minimum atomic E-state index is -1.17. The summed E-state index contributed by atoms with van der Waals surface area (Å²) >= 11 is 5.79. The van der Waals surface area contributed by atoms with Gasteiger partial charge in [-0.2, -0.15) is 0 Å². The van der Waals surface area contributed by atoms with Crippen LogP contribution in [-0.2, 0) is 11.3 Å². The maximum atomic E-state index is 11.4. The van der Waals surface area contributed by atoms with E-state index in [2.05, 4.69) is 10.3 Å². The van der Waals surface area contributed by atoms with E-state index in [0.717, 1.165) is 0 Å². The van der Waals surface area contributed by atoms with E-state index in [0.29, 0.717) is 5.69 Å². The molecule has 1 aromatic heterocycles. The molecule has 0 saturated carbocycles. The summed E-state index contributed by atoms with van der Waals surface area (Å²) in [7, 11) is 0. The third-order valence-electron chi connectivity index (χ3n) is 1.79. The van der Waals surface area contributed by atoms with Crippen molar-refractivity contribution in [1.29, 1.82) is 0 Å². The van der Waals surface area contributed by atoms with E-state index >= 15 is 0 Å². The lowest BCUT2D eigenvalue weighted by molar-refractivity contribution is 0.0519. The molecule has 6 nitrogen and oxygen atoms in total. The molecule has 1 amide bonds. The largest absolute Gasteiger partial charge is 0.465 e. The van der Waals surface area contributed by atoms with Gasteiger partial charge in [0.25, 0.3) is 0 Å². The predicted octanol–water partition coefficient (Wildman–Crippen LogP) is 1.68. The highest BCUT2D eigenvalue weighted by Crippen LogP contribution is 2.15. The molecule has 1 heterocycles. The first kappa shape index (κ1) is 13.2. The highest BCUT2D eigenvalue weighted by molar-refractivity contribution is 6.33. The number of halogens is 1. The molecule has 0 radical (unpaired) electrons. The van der Waals surface area contributed by atoms with E-state index in [1.54, 1.807) is 6.92 Å². The van der Waals surface area contributed by atoms with Crippen LogP contribution in [0.2, 0.25) is 5.02 Å². The van der Waals surface area contributed by atoms with Gasteiger partial charge in [0, 0.05) is 0 Å². The summed E-state index contributed by atoms with van der Waals surface area (Å²) in [6.45, 7) is 1.88. The SMILES string of the molecule is CCOC(=O)c1nc(CNC(=O)O)ccc1Cl. The quantitative estimate of drug-likeness (QED) is 0.802. The summed E-state index contributed by atoms with van der Waals surface area (Å²) < 4.78 is 4.77. The monoisotopic (exact) mass is 258 g/mol. The molecule has 2 N–H and O–H groups in total. The predicted molar refractivity (Wildman–Crippen MR) is 60.1 cm³/mol. The van der Waals surface area contributed by atoms with Crippen molar-refractivity contribution in [3.8, 4) is 0 Å². The molecule has 0 aromatic carbocycles. The number of carboxylic acid groups (broad SMARTS) is 1.